The summed E-state index contributed by atoms with van der Waals surface area (Å²) in [5.41, 5.74) is 0. The van der Waals surface area contributed by atoms with Gasteiger partial charge < -0.3 is 5.11 Å². The van der Waals surface area contributed by atoms with E-state index < -0.39 is 0 Å². The summed E-state index contributed by atoms with van der Waals surface area (Å²) in [4.78, 5) is 2.67. The minimum atomic E-state index is -0.0530. The van der Waals surface area contributed by atoms with E-state index in [0.717, 1.165) is 18.4 Å². The van der Waals surface area contributed by atoms with Crippen molar-refractivity contribution in [2.75, 3.05) is 6.54 Å². The predicted molar refractivity (Wildman–Crippen MR) is 72.1 cm³/mol. The second-order valence-electron chi connectivity index (χ2n) is 6.42. The molecule has 0 bridgehead atoms. The zero-order chi connectivity index (χ0) is 12.3. The Hall–Kier alpha value is -0.0800. The summed E-state index contributed by atoms with van der Waals surface area (Å²) in [6, 6.07) is 1.24. The zero-order valence-electron chi connectivity index (χ0n) is 11.6. The first-order valence-corrected chi connectivity index (χ1v) is 7.62. The molecule has 0 amide bonds. The molecule has 2 aliphatic rings. The van der Waals surface area contributed by atoms with E-state index in [2.05, 4.69) is 18.7 Å². The maximum atomic E-state index is 10.1. The quantitative estimate of drug-likeness (QED) is 0.796. The fourth-order valence-electron chi connectivity index (χ4n) is 3.57. The first-order chi connectivity index (χ1) is 8.18. The Morgan fingerprint density at radius 1 is 1.06 bits per heavy atom. The minimum Gasteiger partial charge on any atom is -0.391 e. The van der Waals surface area contributed by atoms with Gasteiger partial charge in [-0.3, -0.25) is 4.90 Å². The monoisotopic (exact) mass is 239 g/mol. The van der Waals surface area contributed by atoms with Crippen molar-refractivity contribution in [3.05, 3.63) is 0 Å². The van der Waals surface area contributed by atoms with Crippen molar-refractivity contribution in [2.45, 2.75) is 83.4 Å². The molecule has 2 rings (SSSR count). The molecule has 2 heteroatoms. The molecular weight excluding hydrogens is 210 g/mol. The summed E-state index contributed by atoms with van der Waals surface area (Å²) < 4.78 is 0. The van der Waals surface area contributed by atoms with Crippen LogP contribution in [0.15, 0.2) is 0 Å². The van der Waals surface area contributed by atoms with Crippen molar-refractivity contribution in [2.24, 2.45) is 5.92 Å². The molecule has 1 N–H and O–H groups in total. The van der Waals surface area contributed by atoms with Gasteiger partial charge in [-0.1, -0.05) is 26.7 Å². The van der Waals surface area contributed by atoms with E-state index >= 15 is 0 Å². The Morgan fingerprint density at radius 3 is 2.29 bits per heavy atom. The lowest BCUT2D eigenvalue weighted by molar-refractivity contribution is 0.0411. The molecule has 100 valence electrons. The van der Waals surface area contributed by atoms with Crippen LogP contribution >= 0.6 is 0 Å². The normalized spacial score (nSPS) is 30.9. The molecule has 2 nitrogen and oxygen atoms in total. The molecule has 0 aromatic rings. The first-order valence-electron chi connectivity index (χ1n) is 7.62. The van der Waals surface area contributed by atoms with Crippen LogP contribution in [0.25, 0.3) is 0 Å². The average Bonchev–Trinajstić information content (AvgIpc) is 2.91. The second-order valence-corrected chi connectivity index (χ2v) is 6.42. The summed E-state index contributed by atoms with van der Waals surface area (Å²) in [7, 11) is 0. The smallest absolute Gasteiger partial charge is 0.0695 e. The van der Waals surface area contributed by atoms with Crippen LogP contribution in [0.5, 0.6) is 0 Å². The first kappa shape index (κ1) is 13.4. The Balaban J connectivity index is 1.95. The Kier molecular flexibility index (Phi) is 4.87. The summed E-state index contributed by atoms with van der Waals surface area (Å²) in [5.74, 6) is 0.775. The molecule has 0 saturated heterocycles. The van der Waals surface area contributed by atoms with E-state index in [1.54, 1.807) is 0 Å². The highest BCUT2D eigenvalue weighted by molar-refractivity contribution is 4.90. The van der Waals surface area contributed by atoms with Crippen LogP contribution in [-0.2, 0) is 0 Å². The van der Waals surface area contributed by atoms with Gasteiger partial charge >= 0.3 is 0 Å². The van der Waals surface area contributed by atoms with Crippen molar-refractivity contribution in [3.63, 3.8) is 0 Å². The van der Waals surface area contributed by atoms with Gasteiger partial charge in [-0.15, -0.1) is 0 Å². The van der Waals surface area contributed by atoms with Gasteiger partial charge in [0, 0.05) is 12.1 Å². The fourth-order valence-corrected chi connectivity index (χ4v) is 3.57. The second kappa shape index (κ2) is 6.19. The van der Waals surface area contributed by atoms with Crippen LogP contribution in [0.1, 0.15) is 65.2 Å². The Morgan fingerprint density at radius 2 is 1.76 bits per heavy atom. The van der Waals surface area contributed by atoms with Crippen LogP contribution < -0.4 is 0 Å². The maximum absolute atomic E-state index is 10.1. The van der Waals surface area contributed by atoms with E-state index in [9.17, 15) is 5.11 Å². The highest BCUT2D eigenvalue weighted by Gasteiger charge is 2.35. The number of hydrogen-bond donors (Lipinski definition) is 1. The number of nitrogens with zero attached hydrogens (tertiary/aromatic N) is 1. The molecule has 2 saturated carbocycles. The van der Waals surface area contributed by atoms with E-state index in [-0.39, 0.29) is 6.10 Å². The molecule has 2 atom stereocenters. The van der Waals surface area contributed by atoms with Crippen LogP contribution in [-0.4, -0.2) is 34.7 Å². The van der Waals surface area contributed by atoms with Crippen molar-refractivity contribution in [1.29, 1.82) is 0 Å². The maximum Gasteiger partial charge on any atom is 0.0695 e. The van der Waals surface area contributed by atoms with Crippen LogP contribution in [0.3, 0.4) is 0 Å². The highest BCUT2D eigenvalue weighted by atomic mass is 16.3. The van der Waals surface area contributed by atoms with Crippen molar-refractivity contribution in [3.8, 4) is 0 Å². The summed E-state index contributed by atoms with van der Waals surface area (Å²) >= 11 is 0. The number of aliphatic hydroxyl groups excluding tert-OH is 1. The van der Waals surface area contributed by atoms with E-state index in [1.165, 1.54) is 51.5 Å². The SMILES string of the molecule is CC(C)CCN(C1CCCC1)C1CCCC1O. The molecule has 2 fully saturated rings. The van der Waals surface area contributed by atoms with Gasteiger partial charge in [0.2, 0.25) is 0 Å². The van der Waals surface area contributed by atoms with Gasteiger partial charge in [-0.2, -0.15) is 0 Å². The molecular formula is C15H29NO. The van der Waals surface area contributed by atoms with Crippen LogP contribution in [0.2, 0.25) is 0 Å². The number of rotatable bonds is 5. The summed E-state index contributed by atoms with van der Waals surface area (Å²) in [6.45, 7) is 5.81. The molecule has 0 radical (unpaired) electrons. The van der Waals surface area contributed by atoms with Gasteiger partial charge in [-0.05, 0) is 51.0 Å². The summed E-state index contributed by atoms with van der Waals surface area (Å²) in [6.07, 6.45) is 10.2. The minimum absolute atomic E-state index is 0.0530. The molecule has 0 spiro atoms. The third-order valence-corrected chi connectivity index (χ3v) is 4.63. The lowest BCUT2D eigenvalue weighted by atomic mass is 10.0. The third-order valence-electron chi connectivity index (χ3n) is 4.63. The van der Waals surface area contributed by atoms with Gasteiger partial charge in [0.05, 0.1) is 6.10 Å². The van der Waals surface area contributed by atoms with Crippen LogP contribution in [0.4, 0.5) is 0 Å². The Bertz CT molecular complexity index is 223. The standard InChI is InChI=1S/C15H29NO/c1-12(2)10-11-16(13-6-3-4-7-13)14-8-5-9-15(14)17/h12-15,17H,3-11H2,1-2H3. The van der Waals surface area contributed by atoms with E-state index in [4.69, 9.17) is 0 Å². The zero-order valence-corrected chi connectivity index (χ0v) is 11.6. The third kappa shape index (κ3) is 3.45. The van der Waals surface area contributed by atoms with E-state index in [0.29, 0.717) is 6.04 Å². The predicted octanol–water partition coefficient (Wildman–Crippen LogP) is 3.19. The number of aliphatic hydroxyl groups is 1. The van der Waals surface area contributed by atoms with Crippen molar-refractivity contribution >= 4 is 0 Å². The lowest BCUT2D eigenvalue weighted by Gasteiger charge is -2.36. The van der Waals surface area contributed by atoms with Crippen molar-refractivity contribution in [1.82, 2.24) is 4.90 Å². The molecule has 0 aromatic heterocycles. The molecule has 2 unspecified atom stereocenters. The largest absolute Gasteiger partial charge is 0.391 e. The molecule has 0 aromatic carbocycles. The molecule has 0 heterocycles. The number of hydrogen-bond acceptors (Lipinski definition) is 2. The summed E-state index contributed by atoms with van der Waals surface area (Å²) in [5, 5.41) is 10.1. The van der Waals surface area contributed by atoms with E-state index in [1.807, 2.05) is 0 Å². The lowest BCUT2D eigenvalue weighted by Crippen LogP contribution is -2.46. The molecule has 2 aliphatic carbocycles. The molecule has 17 heavy (non-hydrogen) atoms. The van der Waals surface area contributed by atoms with Gasteiger partial charge in [0.25, 0.3) is 0 Å². The highest BCUT2D eigenvalue weighted by Crippen LogP contribution is 2.32. The van der Waals surface area contributed by atoms with Crippen molar-refractivity contribution < 1.29 is 5.11 Å². The van der Waals surface area contributed by atoms with Gasteiger partial charge in [0.15, 0.2) is 0 Å². The average molecular weight is 239 g/mol. The molecule has 0 aliphatic heterocycles. The van der Waals surface area contributed by atoms with Gasteiger partial charge in [-0.25, -0.2) is 0 Å². The van der Waals surface area contributed by atoms with Gasteiger partial charge in [0.1, 0.15) is 0 Å². The topological polar surface area (TPSA) is 23.5 Å². The Labute approximate surface area is 106 Å². The van der Waals surface area contributed by atoms with Crippen LogP contribution in [0, 0.1) is 5.92 Å². The fraction of sp³-hybridized carbons (Fsp3) is 1.00.